The van der Waals surface area contributed by atoms with Gasteiger partial charge < -0.3 is 4.90 Å². The summed E-state index contributed by atoms with van der Waals surface area (Å²) in [6.45, 7) is 2.43. The average molecular weight is 819 g/mol. The lowest BCUT2D eigenvalue weighted by molar-refractivity contribution is 0.667. The number of benzene rings is 11. The van der Waals surface area contributed by atoms with Crippen molar-refractivity contribution < 1.29 is 0 Å². The first-order valence-electron chi connectivity index (χ1n) is 20.5. The molecule has 0 aliphatic rings. The third-order valence-corrected chi connectivity index (χ3v) is 13.0. The Hall–Kier alpha value is -6.74. The van der Waals surface area contributed by atoms with Crippen LogP contribution in [0.1, 0.15) is 35.4 Å². The normalized spacial score (nSPS) is 12.3. The quantitative estimate of drug-likeness (QED) is 0.145. The van der Waals surface area contributed by atoms with Crippen LogP contribution in [0.25, 0.3) is 64.6 Å². The molecule has 0 N–H and O–H groups in total. The van der Waals surface area contributed by atoms with Gasteiger partial charge in [0.1, 0.15) is 0 Å². The van der Waals surface area contributed by atoms with Crippen molar-refractivity contribution in [2.45, 2.75) is 18.8 Å². The molecule has 1 nitrogen and oxygen atoms in total. The fraction of sp³-hybridized carbons (Fsp3) is 0.0526. The van der Waals surface area contributed by atoms with E-state index in [0.717, 1.165) is 21.5 Å². The van der Waals surface area contributed by atoms with E-state index >= 15 is 0 Å². The Morgan fingerprint density at radius 2 is 0.712 bits per heavy atom. The molecule has 0 fully saturated rings. The van der Waals surface area contributed by atoms with Gasteiger partial charge in [-0.2, -0.15) is 0 Å². The first-order valence-corrected chi connectivity index (χ1v) is 21.3. The maximum atomic E-state index is 3.69. The zero-order valence-electron chi connectivity index (χ0n) is 32.7. The highest BCUT2D eigenvalue weighted by Crippen LogP contribution is 2.48. The van der Waals surface area contributed by atoms with E-state index in [1.807, 2.05) is 0 Å². The molecule has 280 valence electrons. The number of hydrogen-bond donors (Lipinski definition) is 0. The lowest BCUT2D eigenvalue weighted by Gasteiger charge is -2.30. The van der Waals surface area contributed by atoms with E-state index in [9.17, 15) is 0 Å². The summed E-state index contributed by atoms with van der Waals surface area (Å²) in [6, 6.07) is 78.6. The van der Waals surface area contributed by atoms with Crippen LogP contribution in [0.2, 0.25) is 0 Å². The van der Waals surface area contributed by atoms with Gasteiger partial charge >= 0.3 is 0 Å². The molecule has 59 heavy (non-hydrogen) atoms. The zero-order valence-corrected chi connectivity index (χ0v) is 34.3. The minimum Gasteiger partial charge on any atom is -0.310 e. The van der Waals surface area contributed by atoms with Gasteiger partial charge in [-0.05, 0) is 136 Å². The maximum Gasteiger partial charge on any atom is 0.0546 e. The Morgan fingerprint density at radius 3 is 1.19 bits per heavy atom. The third-order valence-electron chi connectivity index (χ3n) is 12.5. The number of hydrogen-bond acceptors (Lipinski definition) is 1. The summed E-state index contributed by atoms with van der Waals surface area (Å²) in [7, 11) is 0. The van der Waals surface area contributed by atoms with E-state index in [0.29, 0.717) is 0 Å². The number of anilines is 3. The molecule has 0 aliphatic heterocycles. The molecule has 0 heterocycles. The number of nitrogens with zero attached hydrogens (tertiary/aromatic N) is 1. The van der Waals surface area contributed by atoms with Gasteiger partial charge in [0.15, 0.2) is 0 Å². The van der Waals surface area contributed by atoms with Gasteiger partial charge in [0.05, 0.1) is 5.69 Å². The van der Waals surface area contributed by atoms with Crippen molar-refractivity contribution in [1.29, 1.82) is 0 Å². The molecule has 2 heteroatoms. The molecule has 0 spiro atoms. The highest BCUT2D eigenvalue weighted by Gasteiger charge is 2.28. The van der Waals surface area contributed by atoms with Crippen LogP contribution >= 0.6 is 15.9 Å². The van der Waals surface area contributed by atoms with Gasteiger partial charge in [-0.15, -0.1) is 0 Å². The second-order valence-electron chi connectivity index (χ2n) is 15.8. The largest absolute Gasteiger partial charge is 0.310 e. The fourth-order valence-corrected chi connectivity index (χ4v) is 10.0. The van der Waals surface area contributed by atoms with Crippen LogP contribution in [0.4, 0.5) is 17.1 Å². The van der Waals surface area contributed by atoms with Crippen molar-refractivity contribution in [3.8, 4) is 0 Å². The van der Waals surface area contributed by atoms with Crippen molar-refractivity contribution in [3.05, 3.63) is 233 Å². The van der Waals surface area contributed by atoms with Crippen LogP contribution in [-0.2, 0) is 0 Å². The van der Waals surface area contributed by atoms with E-state index in [-0.39, 0.29) is 11.8 Å². The Balaban J connectivity index is 1.12. The lowest BCUT2D eigenvalue weighted by atomic mass is 9.74. The summed E-state index contributed by atoms with van der Waals surface area (Å²) in [4.78, 5) is 2.42. The van der Waals surface area contributed by atoms with Crippen molar-refractivity contribution in [2.24, 2.45) is 0 Å². The lowest BCUT2D eigenvalue weighted by Crippen LogP contribution is -2.13. The monoisotopic (exact) mass is 817 g/mol. The molecule has 0 aliphatic carbocycles. The molecule has 11 aromatic carbocycles. The highest BCUT2D eigenvalue weighted by atomic mass is 79.9. The molecule has 1 atom stereocenters. The Kier molecular flexibility index (Phi) is 8.75. The first-order chi connectivity index (χ1) is 29.1. The average Bonchev–Trinajstić information content (AvgIpc) is 3.30. The summed E-state index contributed by atoms with van der Waals surface area (Å²) in [5, 5.41) is 15.3. The van der Waals surface area contributed by atoms with Gasteiger partial charge in [-0.1, -0.05) is 181 Å². The molecule has 0 saturated heterocycles. The molecule has 1 unspecified atom stereocenters. The number of halogens is 1. The second kappa shape index (κ2) is 14.6. The smallest absolute Gasteiger partial charge is 0.0546 e. The second-order valence-corrected chi connectivity index (χ2v) is 16.7. The van der Waals surface area contributed by atoms with Crippen molar-refractivity contribution in [3.63, 3.8) is 0 Å². The molecular weight excluding hydrogens is 779 g/mol. The maximum absolute atomic E-state index is 3.69. The highest BCUT2D eigenvalue weighted by molar-refractivity contribution is 9.10. The van der Waals surface area contributed by atoms with E-state index in [2.05, 4.69) is 240 Å². The van der Waals surface area contributed by atoms with Crippen LogP contribution in [-0.4, -0.2) is 0 Å². The zero-order chi connectivity index (χ0) is 39.5. The first kappa shape index (κ1) is 35.4. The van der Waals surface area contributed by atoms with Crippen LogP contribution in [0, 0.1) is 0 Å². The van der Waals surface area contributed by atoms with Crippen LogP contribution in [0.5, 0.6) is 0 Å². The van der Waals surface area contributed by atoms with Gasteiger partial charge in [-0.3, -0.25) is 0 Å². The molecule has 0 saturated carbocycles. The van der Waals surface area contributed by atoms with E-state index in [1.54, 1.807) is 0 Å². The van der Waals surface area contributed by atoms with Crippen molar-refractivity contribution in [1.82, 2.24) is 0 Å². The molecule has 11 rings (SSSR count). The topological polar surface area (TPSA) is 3.24 Å². The molecule has 0 amide bonds. The Morgan fingerprint density at radius 1 is 0.356 bits per heavy atom. The van der Waals surface area contributed by atoms with Crippen molar-refractivity contribution >= 4 is 97.6 Å². The van der Waals surface area contributed by atoms with Crippen LogP contribution in [0.3, 0.4) is 0 Å². The summed E-state index contributed by atoms with van der Waals surface area (Å²) < 4.78 is 1.06. The molecular formula is C57H40BrN. The van der Waals surface area contributed by atoms with E-state index < -0.39 is 0 Å². The SMILES string of the molecule is CC(c1ccc(N(c2ccc(Br)cc2)c2cc3ccccc3c3ccccc23)cc1)C(c1cc2ccccc2c2ccccc12)c1cc2ccccc2c2ccccc12. The summed E-state index contributed by atoms with van der Waals surface area (Å²) in [5.41, 5.74) is 7.40. The van der Waals surface area contributed by atoms with Gasteiger partial charge in [0, 0.05) is 27.2 Å². The van der Waals surface area contributed by atoms with Crippen LogP contribution in [0.15, 0.2) is 217 Å². The Labute approximate surface area is 352 Å². The Bertz CT molecular complexity index is 3250. The number of fused-ring (bicyclic) bond motifs is 9. The van der Waals surface area contributed by atoms with Gasteiger partial charge in [0.25, 0.3) is 0 Å². The summed E-state index contributed by atoms with van der Waals surface area (Å²) >= 11 is 3.69. The molecule has 0 radical (unpaired) electrons. The third kappa shape index (κ3) is 6.06. The predicted octanol–water partition coefficient (Wildman–Crippen LogP) is 16.8. The molecule has 0 bridgehead atoms. The number of rotatable bonds is 7. The van der Waals surface area contributed by atoms with Crippen LogP contribution < -0.4 is 4.90 Å². The minimum absolute atomic E-state index is 0.0665. The predicted molar refractivity (Wildman–Crippen MR) is 257 cm³/mol. The molecule has 11 aromatic rings. The summed E-state index contributed by atoms with van der Waals surface area (Å²) in [5.74, 6) is 0.206. The van der Waals surface area contributed by atoms with Crippen molar-refractivity contribution in [2.75, 3.05) is 4.90 Å². The molecule has 0 aromatic heterocycles. The minimum atomic E-state index is 0.0665. The van der Waals surface area contributed by atoms with E-state index in [4.69, 9.17) is 0 Å². The van der Waals surface area contributed by atoms with Gasteiger partial charge in [-0.25, -0.2) is 0 Å². The fourth-order valence-electron chi connectivity index (χ4n) is 9.74. The van der Waals surface area contributed by atoms with E-state index in [1.165, 1.54) is 81.3 Å². The van der Waals surface area contributed by atoms with Gasteiger partial charge in [0.2, 0.25) is 0 Å². The standard InChI is InChI=1S/C57H40BrN/c1-37(38-26-30-43(31-27-38)59(44-32-28-42(58)29-33-44)56-36-41-16-4-7-19-47(41)50-22-12-13-25-53(50)56)57(54-34-39-14-2-5-17-45(39)48-20-8-10-23-51(48)54)55-35-40-15-3-6-18-46(40)49-21-9-11-24-52(49)55/h2-37,57H,1H3. The summed E-state index contributed by atoms with van der Waals surface area (Å²) in [6.07, 6.45) is 0.